The topological polar surface area (TPSA) is 18.5 Å². The van der Waals surface area contributed by atoms with Gasteiger partial charge in [-0.2, -0.15) is 0 Å². The predicted molar refractivity (Wildman–Crippen MR) is 53.7 cm³/mol. The van der Waals surface area contributed by atoms with Crippen LogP contribution in [0.1, 0.15) is 18.1 Å². The Morgan fingerprint density at radius 2 is 1.69 bits per heavy atom. The largest absolute Gasteiger partial charge is 0.496 e. The summed E-state index contributed by atoms with van der Waals surface area (Å²) in [4.78, 5) is 0. The number of rotatable bonds is 3. The molecule has 0 heterocycles. The van der Waals surface area contributed by atoms with Gasteiger partial charge in [0.15, 0.2) is 0 Å². The molecule has 0 aliphatic rings. The minimum absolute atomic E-state index is 0.928. The first-order valence-electron chi connectivity index (χ1n) is 4.44. The summed E-state index contributed by atoms with van der Waals surface area (Å²) < 4.78 is 10.5. The second-order valence-corrected chi connectivity index (χ2v) is 2.99. The van der Waals surface area contributed by atoms with Crippen molar-refractivity contribution < 1.29 is 9.47 Å². The van der Waals surface area contributed by atoms with Gasteiger partial charge in [0.1, 0.15) is 11.5 Å². The van der Waals surface area contributed by atoms with Crippen LogP contribution in [-0.4, -0.2) is 14.2 Å². The summed E-state index contributed by atoms with van der Waals surface area (Å²) in [5, 5.41) is 0. The Balaban J connectivity index is 3.18. The van der Waals surface area contributed by atoms with Gasteiger partial charge in [-0.25, -0.2) is 0 Å². The lowest BCUT2D eigenvalue weighted by atomic mass is 10.1. The van der Waals surface area contributed by atoms with E-state index in [1.165, 1.54) is 5.56 Å². The Hall–Kier alpha value is -1.18. The van der Waals surface area contributed by atoms with Gasteiger partial charge >= 0.3 is 0 Å². The SMILES string of the molecule is CCc1cc(OC)c(C)cc1OC. The number of methoxy groups -OCH3 is 2. The van der Waals surface area contributed by atoms with Crippen LogP contribution in [0.3, 0.4) is 0 Å². The first-order valence-corrected chi connectivity index (χ1v) is 4.44. The number of hydrogen-bond donors (Lipinski definition) is 0. The molecule has 0 aliphatic heterocycles. The maximum Gasteiger partial charge on any atom is 0.122 e. The van der Waals surface area contributed by atoms with E-state index in [9.17, 15) is 0 Å². The fraction of sp³-hybridized carbons (Fsp3) is 0.455. The van der Waals surface area contributed by atoms with Gasteiger partial charge in [-0.15, -0.1) is 0 Å². The first kappa shape index (κ1) is 9.90. The minimum Gasteiger partial charge on any atom is -0.496 e. The number of hydrogen-bond acceptors (Lipinski definition) is 2. The third kappa shape index (κ3) is 1.94. The van der Waals surface area contributed by atoms with Crippen LogP contribution >= 0.6 is 0 Å². The van der Waals surface area contributed by atoms with Crippen molar-refractivity contribution in [1.29, 1.82) is 0 Å². The van der Waals surface area contributed by atoms with Crippen molar-refractivity contribution in [3.05, 3.63) is 23.3 Å². The second kappa shape index (κ2) is 4.17. The molecule has 0 spiro atoms. The van der Waals surface area contributed by atoms with Crippen LogP contribution in [-0.2, 0) is 6.42 Å². The quantitative estimate of drug-likeness (QED) is 0.711. The summed E-state index contributed by atoms with van der Waals surface area (Å²) in [5.74, 6) is 1.87. The molecular formula is C11H16O2. The number of benzene rings is 1. The first-order chi connectivity index (χ1) is 6.22. The molecule has 0 aliphatic carbocycles. The lowest BCUT2D eigenvalue weighted by molar-refractivity contribution is 0.397. The van der Waals surface area contributed by atoms with E-state index < -0.39 is 0 Å². The predicted octanol–water partition coefficient (Wildman–Crippen LogP) is 2.57. The molecule has 0 amide bonds. The number of ether oxygens (including phenoxy) is 2. The van der Waals surface area contributed by atoms with E-state index in [1.807, 2.05) is 19.1 Å². The highest BCUT2D eigenvalue weighted by Crippen LogP contribution is 2.28. The zero-order valence-corrected chi connectivity index (χ0v) is 8.68. The van der Waals surface area contributed by atoms with Crippen molar-refractivity contribution >= 4 is 0 Å². The van der Waals surface area contributed by atoms with Gasteiger partial charge in [0.05, 0.1) is 14.2 Å². The Bertz CT molecular complexity index is 292. The Labute approximate surface area is 79.5 Å². The molecule has 2 heteroatoms. The van der Waals surface area contributed by atoms with Crippen LogP contribution in [0.15, 0.2) is 12.1 Å². The molecule has 13 heavy (non-hydrogen) atoms. The lowest BCUT2D eigenvalue weighted by Gasteiger charge is -2.11. The zero-order chi connectivity index (χ0) is 9.84. The fourth-order valence-electron chi connectivity index (χ4n) is 1.39. The summed E-state index contributed by atoms with van der Waals surface area (Å²) in [5.41, 5.74) is 2.29. The molecule has 1 aromatic rings. The molecule has 0 bridgehead atoms. The van der Waals surface area contributed by atoms with E-state index in [2.05, 4.69) is 6.92 Å². The van der Waals surface area contributed by atoms with Gasteiger partial charge in [0.2, 0.25) is 0 Å². The average molecular weight is 180 g/mol. The molecule has 0 atom stereocenters. The van der Waals surface area contributed by atoms with Crippen LogP contribution in [0, 0.1) is 6.92 Å². The maximum absolute atomic E-state index is 5.26. The summed E-state index contributed by atoms with van der Waals surface area (Å²) in [6, 6.07) is 4.05. The molecule has 0 saturated heterocycles. The maximum atomic E-state index is 5.26. The molecule has 72 valence electrons. The van der Waals surface area contributed by atoms with Crippen molar-refractivity contribution in [3.63, 3.8) is 0 Å². The summed E-state index contributed by atoms with van der Waals surface area (Å²) in [6.07, 6.45) is 0.958. The zero-order valence-electron chi connectivity index (χ0n) is 8.68. The summed E-state index contributed by atoms with van der Waals surface area (Å²) >= 11 is 0. The van der Waals surface area contributed by atoms with E-state index in [0.717, 1.165) is 23.5 Å². The van der Waals surface area contributed by atoms with Crippen molar-refractivity contribution in [1.82, 2.24) is 0 Å². The molecule has 0 aromatic heterocycles. The van der Waals surface area contributed by atoms with E-state index in [4.69, 9.17) is 9.47 Å². The van der Waals surface area contributed by atoms with Crippen molar-refractivity contribution in [3.8, 4) is 11.5 Å². The average Bonchev–Trinajstić information content (AvgIpc) is 2.17. The minimum atomic E-state index is 0.928. The Morgan fingerprint density at radius 1 is 1.08 bits per heavy atom. The monoisotopic (exact) mass is 180 g/mol. The van der Waals surface area contributed by atoms with Gasteiger partial charge in [-0.05, 0) is 36.6 Å². The summed E-state index contributed by atoms with van der Waals surface area (Å²) in [6.45, 7) is 4.12. The highest BCUT2D eigenvalue weighted by Gasteiger charge is 2.06. The molecule has 0 N–H and O–H groups in total. The summed E-state index contributed by atoms with van der Waals surface area (Å²) in [7, 11) is 3.38. The normalized spacial score (nSPS) is 9.85. The van der Waals surface area contributed by atoms with Crippen LogP contribution in [0.25, 0.3) is 0 Å². The molecule has 0 saturated carbocycles. The third-order valence-electron chi connectivity index (χ3n) is 2.18. The van der Waals surface area contributed by atoms with E-state index >= 15 is 0 Å². The molecule has 0 radical (unpaired) electrons. The van der Waals surface area contributed by atoms with Crippen LogP contribution in [0.5, 0.6) is 11.5 Å². The van der Waals surface area contributed by atoms with Crippen molar-refractivity contribution in [2.75, 3.05) is 14.2 Å². The van der Waals surface area contributed by atoms with Gasteiger partial charge in [0, 0.05) is 0 Å². The molecule has 0 fully saturated rings. The van der Waals surface area contributed by atoms with E-state index in [1.54, 1.807) is 14.2 Å². The highest BCUT2D eigenvalue weighted by atomic mass is 16.5. The molecule has 1 rings (SSSR count). The van der Waals surface area contributed by atoms with E-state index in [0.29, 0.717) is 0 Å². The molecule has 0 unspecified atom stereocenters. The Kier molecular flexibility index (Phi) is 3.18. The highest BCUT2D eigenvalue weighted by molar-refractivity contribution is 5.45. The standard InChI is InChI=1S/C11H16O2/c1-5-9-7-10(12-3)8(2)6-11(9)13-4/h6-7H,5H2,1-4H3. The van der Waals surface area contributed by atoms with Crippen molar-refractivity contribution in [2.24, 2.45) is 0 Å². The molecular weight excluding hydrogens is 164 g/mol. The fourth-order valence-corrected chi connectivity index (χ4v) is 1.39. The van der Waals surface area contributed by atoms with Crippen LogP contribution < -0.4 is 9.47 Å². The molecule has 1 aromatic carbocycles. The lowest BCUT2D eigenvalue weighted by Crippen LogP contribution is -1.94. The smallest absolute Gasteiger partial charge is 0.122 e. The second-order valence-electron chi connectivity index (χ2n) is 2.99. The van der Waals surface area contributed by atoms with Crippen LogP contribution in [0.2, 0.25) is 0 Å². The molecule has 2 nitrogen and oxygen atoms in total. The van der Waals surface area contributed by atoms with Gasteiger partial charge in [0.25, 0.3) is 0 Å². The number of aryl methyl sites for hydroxylation is 2. The van der Waals surface area contributed by atoms with Gasteiger partial charge in [-0.3, -0.25) is 0 Å². The van der Waals surface area contributed by atoms with Crippen molar-refractivity contribution in [2.45, 2.75) is 20.3 Å². The van der Waals surface area contributed by atoms with Gasteiger partial charge in [-0.1, -0.05) is 6.92 Å². The van der Waals surface area contributed by atoms with E-state index in [-0.39, 0.29) is 0 Å². The Morgan fingerprint density at radius 3 is 2.15 bits per heavy atom. The third-order valence-corrected chi connectivity index (χ3v) is 2.18. The van der Waals surface area contributed by atoms with Gasteiger partial charge < -0.3 is 9.47 Å². The van der Waals surface area contributed by atoms with Crippen LogP contribution in [0.4, 0.5) is 0 Å².